The van der Waals surface area contributed by atoms with Crippen LogP contribution in [0.15, 0.2) is 58.3 Å². The van der Waals surface area contributed by atoms with Gasteiger partial charge in [0.2, 0.25) is 5.91 Å². The van der Waals surface area contributed by atoms with E-state index in [9.17, 15) is 4.79 Å². The Morgan fingerprint density at radius 3 is 2.58 bits per heavy atom. The third-order valence-electron chi connectivity index (χ3n) is 4.86. The molecule has 4 rings (SSSR count). The van der Waals surface area contributed by atoms with Crippen molar-refractivity contribution < 1.29 is 9.21 Å². The van der Waals surface area contributed by atoms with E-state index in [1.54, 1.807) is 11.2 Å². The molecule has 0 unspecified atom stereocenters. The lowest BCUT2D eigenvalue weighted by molar-refractivity contribution is -0.122. The largest absolute Gasteiger partial charge is 0.461 e. The molecule has 2 aromatic heterocycles. The van der Waals surface area contributed by atoms with Crippen LogP contribution in [0.1, 0.15) is 19.3 Å². The van der Waals surface area contributed by atoms with Crippen LogP contribution in [0.4, 0.5) is 5.69 Å². The topological polar surface area (TPSA) is 64.2 Å². The normalized spacial score (nSPS) is 15.5. The summed E-state index contributed by atoms with van der Waals surface area (Å²) in [5.41, 5.74) is 0.901. The molecule has 0 aliphatic heterocycles. The van der Waals surface area contributed by atoms with E-state index in [1.165, 1.54) is 11.8 Å². The lowest BCUT2D eigenvalue weighted by Crippen LogP contribution is -2.50. The number of anilines is 1. The fourth-order valence-corrected chi connectivity index (χ4v) is 4.50. The number of furan rings is 1. The highest BCUT2D eigenvalue weighted by Gasteiger charge is 2.48. The highest BCUT2D eigenvalue weighted by Crippen LogP contribution is 2.48. The van der Waals surface area contributed by atoms with Gasteiger partial charge in [-0.2, -0.15) is 0 Å². The maximum atomic E-state index is 13.2. The van der Waals surface area contributed by atoms with Crippen LogP contribution in [0.2, 0.25) is 0 Å². The summed E-state index contributed by atoms with van der Waals surface area (Å²) < 4.78 is 6.83. The van der Waals surface area contributed by atoms with Crippen molar-refractivity contribution in [1.82, 2.24) is 14.8 Å². The molecule has 134 valence electrons. The number of rotatable bonds is 5. The fourth-order valence-electron chi connectivity index (χ4n) is 3.13. The van der Waals surface area contributed by atoms with Crippen LogP contribution >= 0.6 is 11.8 Å². The minimum absolute atomic E-state index is 0.113. The van der Waals surface area contributed by atoms with E-state index in [0.717, 1.165) is 30.1 Å². The maximum absolute atomic E-state index is 13.2. The number of thioether (sulfide) groups is 1. The first-order valence-electron chi connectivity index (χ1n) is 8.56. The van der Waals surface area contributed by atoms with Crippen LogP contribution < -0.4 is 4.90 Å². The average Bonchev–Trinajstić information content (AvgIpc) is 3.28. The predicted octanol–water partition coefficient (Wildman–Crippen LogP) is 3.75. The van der Waals surface area contributed by atoms with Gasteiger partial charge in [-0.15, -0.1) is 10.2 Å². The molecule has 1 amide bonds. The highest BCUT2D eigenvalue weighted by atomic mass is 32.2. The molecular weight excluding hydrogens is 348 g/mol. The maximum Gasteiger partial charge on any atom is 0.243 e. The Kier molecular flexibility index (Phi) is 4.32. The molecule has 3 aromatic rings. The molecule has 1 aliphatic carbocycles. The van der Waals surface area contributed by atoms with Gasteiger partial charge >= 0.3 is 0 Å². The Morgan fingerprint density at radius 2 is 1.96 bits per heavy atom. The Labute approximate surface area is 156 Å². The van der Waals surface area contributed by atoms with E-state index in [2.05, 4.69) is 10.2 Å². The number of amides is 1. The fraction of sp³-hybridized carbons (Fsp3) is 0.316. The van der Waals surface area contributed by atoms with Crippen molar-refractivity contribution in [3.05, 3.63) is 48.7 Å². The van der Waals surface area contributed by atoms with Gasteiger partial charge in [0.1, 0.15) is 4.75 Å². The van der Waals surface area contributed by atoms with Gasteiger partial charge in [-0.3, -0.25) is 4.79 Å². The quantitative estimate of drug-likeness (QED) is 0.686. The highest BCUT2D eigenvalue weighted by molar-refractivity contribution is 8.01. The molecule has 1 fully saturated rings. The molecule has 0 bridgehead atoms. The Balaban J connectivity index is 1.59. The van der Waals surface area contributed by atoms with Crippen LogP contribution in [-0.4, -0.2) is 32.5 Å². The molecule has 1 aliphatic rings. The predicted molar refractivity (Wildman–Crippen MR) is 101 cm³/mol. The second-order valence-electron chi connectivity index (χ2n) is 6.49. The lowest BCUT2D eigenvalue weighted by atomic mass is 9.83. The minimum atomic E-state index is -0.480. The van der Waals surface area contributed by atoms with Crippen molar-refractivity contribution in [2.45, 2.75) is 29.2 Å². The van der Waals surface area contributed by atoms with E-state index in [-0.39, 0.29) is 5.91 Å². The van der Waals surface area contributed by atoms with E-state index in [1.807, 2.05) is 61.1 Å². The average molecular weight is 368 g/mol. The van der Waals surface area contributed by atoms with Crippen LogP contribution in [0.25, 0.3) is 11.6 Å². The summed E-state index contributed by atoms with van der Waals surface area (Å²) in [5.74, 6) is 1.44. The monoisotopic (exact) mass is 368 g/mol. The van der Waals surface area contributed by atoms with Crippen molar-refractivity contribution in [3.63, 3.8) is 0 Å². The molecule has 0 atom stereocenters. The van der Waals surface area contributed by atoms with E-state index in [0.29, 0.717) is 11.6 Å². The summed E-state index contributed by atoms with van der Waals surface area (Å²) in [4.78, 5) is 15.0. The summed E-state index contributed by atoms with van der Waals surface area (Å²) in [5, 5.41) is 9.26. The number of nitrogens with zero attached hydrogens (tertiary/aromatic N) is 4. The van der Waals surface area contributed by atoms with Crippen molar-refractivity contribution >= 4 is 23.4 Å². The molecular formula is C19H20N4O2S. The zero-order chi connectivity index (χ0) is 18.1. The van der Waals surface area contributed by atoms with Gasteiger partial charge in [-0.05, 0) is 43.5 Å². The van der Waals surface area contributed by atoms with E-state index >= 15 is 0 Å². The van der Waals surface area contributed by atoms with Gasteiger partial charge in [0.05, 0.1) is 6.26 Å². The minimum Gasteiger partial charge on any atom is -0.461 e. The SMILES string of the molecule is CN(C(=O)C1(Sc2nnc(-c3ccco3)n2C)CCC1)c1ccccc1. The third kappa shape index (κ3) is 2.82. The molecule has 2 heterocycles. The first kappa shape index (κ1) is 16.9. The third-order valence-corrected chi connectivity index (χ3v) is 6.37. The summed E-state index contributed by atoms with van der Waals surface area (Å²) in [6.07, 6.45) is 4.35. The van der Waals surface area contributed by atoms with Gasteiger partial charge in [0.15, 0.2) is 16.7 Å². The zero-order valence-corrected chi connectivity index (χ0v) is 15.6. The van der Waals surface area contributed by atoms with Crippen molar-refractivity contribution in [2.75, 3.05) is 11.9 Å². The molecule has 26 heavy (non-hydrogen) atoms. The van der Waals surface area contributed by atoms with E-state index < -0.39 is 4.75 Å². The summed E-state index contributed by atoms with van der Waals surface area (Å²) >= 11 is 1.51. The van der Waals surface area contributed by atoms with Crippen LogP contribution in [0.3, 0.4) is 0 Å². The number of carbonyl (C=O) groups excluding carboxylic acids is 1. The second-order valence-corrected chi connectivity index (χ2v) is 7.84. The number of para-hydroxylation sites is 1. The summed E-state index contributed by atoms with van der Waals surface area (Å²) in [7, 11) is 3.74. The van der Waals surface area contributed by atoms with Gasteiger partial charge in [-0.25, -0.2) is 0 Å². The Hall–Kier alpha value is -2.54. The molecule has 0 saturated heterocycles. The van der Waals surface area contributed by atoms with Crippen molar-refractivity contribution in [3.8, 4) is 11.6 Å². The molecule has 1 saturated carbocycles. The number of carbonyl (C=O) groups is 1. The lowest BCUT2D eigenvalue weighted by Gasteiger charge is -2.41. The Morgan fingerprint density at radius 1 is 1.19 bits per heavy atom. The van der Waals surface area contributed by atoms with Crippen LogP contribution in [0, 0.1) is 0 Å². The smallest absolute Gasteiger partial charge is 0.243 e. The number of hydrogen-bond acceptors (Lipinski definition) is 5. The number of benzene rings is 1. The zero-order valence-electron chi connectivity index (χ0n) is 14.8. The number of hydrogen-bond donors (Lipinski definition) is 0. The first-order chi connectivity index (χ1) is 12.6. The van der Waals surface area contributed by atoms with Gasteiger partial charge < -0.3 is 13.9 Å². The molecule has 0 N–H and O–H groups in total. The molecule has 6 nitrogen and oxygen atoms in total. The van der Waals surface area contributed by atoms with Gasteiger partial charge in [0.25, 0.3) is 0 Å². The van der Waals surface area contributed by atoms with Crippen molar-refractivity contribution in [2.24, 2.45) is 7.05 Å². The number of aromatic nitrogens is 3. The molecule has 7 heteroatoms. The van der Waals surface area contributed by atoms with Crippen molar-refractivity contribution in [1.29, 1.82) is 0 Å². The summed E-state index contributed by atoms with van der Waals surface area (Å²) in [6, 6.07) is 13.4. The van der Waals surface area contributed by atoms with Gasteiger partial charge in [-0.1, -0.05) is 30.0 Å². The first-order valence-corrected chi connectivity index (χ1v) is 9.38. The molecule has 0 spiro atoms. The second kappa shape index (κ2) is 6.64. The molecule has 0 radical (unpaired) electrons. The van der Waals surface area contributed by atoms with Crippen LogP contribution in [-0.2, 0) is 11.8 Å². The summed E-state index contributed by atoms with van der Waals surface area (Å²) in [6.45, 7) is 0. The Bertz CT molecular complexity index is 901. The molecule has 1 aromatic carbocycles. The standard InChI is InChI=1S/C19H20N4O2S/c1-22(14-8-4-3-5-9-14)17(24)19(11-7-12-19)26-18-21-20-16(23(18)2)15-10-6-13-25-15/h3-6,8-10,13H,7,11-12H2,1-2H3. The van der Waals surface area contributed by atoms with Gasteiger partial charge in [0, 0.05) is 19.8 Å². The van der Waals surface area contributed by atoms with E-state index in [4.69, 9.17) is 4.42 Å². The van der Waals surface area contributed by atoms with Crippen LogP contribution in [0.5, 0.6) is 0 Å².